The van der Waals surface area contributed by atoms with Gasteiger partial charge in [0.25, 0.3) is 5.91 Å². The van der Waals surface area contributed by atoms with Crippen LogP contribution in [-0.4, -0.2) is 15.5 Å². The number of para-hydroxylation sites is 3. The summed E-state index contributed by atoms with van der Waals surface area (Å²) in [4.78, 5) is 16.9. The van der Waals surface area contributed by atoms with Crippen molar-refractivity contribution < 1.29 is 13.9 Å². The van der Waals surface area contributed by atoms with E-state index in [1.165, 1.54) is 0 Å². The number of aromatic nitrogens is 2. The number of benzene rings is 2. The van der Waals surface area contributed by atoms with Crippen LogP contribution in [0.5, 0.6) is 5.75 Å². The minimum absolute atomic E-state index is 0.170. The molecule has 7 heteroatoms. The Hall–Kier alpha value is -3.25. The number of rotatable bonds is 5. The predicted molar refractivity (Wildman–Crippen MR) is 103 cm³/mol. The Morgan fingerprint density at radius 2 is 1.93 bits per heavy atom. The minimum atomic E-state index is -0.377. The van der Waals surface area contributed by atoms with Crippen LogP contribution < -0.4 is 10.1 Å². The summed E-state index contributed by atoms with van der Waals surface area (Å²) in [5, 5.41) is 3.29. The van der Waals surface area contributed by atoms with Crippen LogP contribution in [0.2, 0.25) is 5.02 Å². The number of nitrogens with zero attached hydrogens (tertiary/aromatic N) is 2. The molecule has 2 aromatic carbocycles. The minimum Gasteiger partial charge on any atom is -0.484 e. The molecule has 6 nitrogen and oxygen atoms in total. The highest BCUT2D eigenvalue weighted by molar-refractivity contribution is 6.32. The average molecular weight is 382 g/mol. The van der Waals surface area contributed by atoms with Crippen molar-refractivity contribution in [1.29, 1.82) is 0 Å². The Kier molecular flexibility index (Phi) is 4.56. The first-order valence-corrected chi connectivity index (χ1v) is 8.68. The molecule has 4 rings (SSSR count). The lowest BCUT2D eigenvalue weighted by molar-refractivity contribution is 0.0991. The van der Waals surface area contributed by atoms with Gasteiger partial charge in [0, 0.05) is 7.05 Å². The van der Waals surface area contributed by atoms with Gasteiger partial charge in [0.05, 0.1) is 16.1 Å². The molecule has 136 valence electrons. The molecule has 1 amide bonds. The van der Waals surface area contributed by atoms with E-state index < -0.39 is 0 Å². The Labute approximate surface area is 160 Å². The largest absolute Gasteiger partial charge is 0.484 e. The molecular weight excluding hydrogens is 366 g/mol. The Bertz CT molecular complexity index is 1120. The van der Waals surface area contributed by atoms with Gasteiger partial charge in [-0.3, -0.25) is 10.1 Å². The molecule has 0 atom stereocenters. The highest BCUT2D eigenvalue weighted by Crippen LogP contribution is 2.24. The van der Waals surface area contributed by atoms with Crippen molar-refractivity contribution in [3.05, 3.63) is 77.2 Å². The van der Waals surface area contributed by atoms with Gasteiger partial charge in [-0.25, -0.2) is 4.98 Å². The summed E-state index contributed by atoms with van der Waals surface area (Å²) in [6.45, 7) is 0.170. The molecule has 0 spiro atoms. The Morgan fingerprint density at radius 3 is 2.74 bits per heavy atom. The van der Waals surface area contributed by atoms with Crippen LogP contribution in [0, 0.1) is 0 Å². The van der Waals surface area contributed by atoms with Crippen molar-refractivity contribution in [2.75, 3.05) is 5.32 Å². The number of aryl methyl sites for hydroxylation is 1. The predicted octanol–water partition coefficient (Wildman–Crippen LogP) is 4.65. The van der Waals surface area contributed by atoms with Gasteiger partial charge in [-0.2, -0.15) is 0 Å². The number of anilines is 1. The molecule has 4 aromatic rings. The van der Waals surface area contributed by atoms with E-state index in [1.54, 1.807) is 24.3 Å². The smallest absolute Gasteiger partial charge is 0.293 e. The highest BCUT2D eigenvalue weighted by atomic mass is 35.5. The van der Waals surface area contributed by atoms with Crippen molar-refractivity contribution in [3.8, 4) is 5.75 Å². The zero-order valence-corrected chi connectivity index (χ0v) is 15.2. The molecular formula is C20H16ClN3O3. The number of ether oxygens (including phenoxy) is 1. The molecule has 2 aromatic heterocycles. The van der Waals surface area contributed by atoms with E-state index >= 15 is 0 Å². The van der Waals surface area contributed by atoms with Gasteiger partial charge in [-0.1, -0.05) is 35.9 Å². The maximum absolute atomic E-state index is 12.5. The first-order chi connectivity index (χ1) is 13.1. The van der Waals surface area contributed by atoms with Crippen LogP contribution in [0.25, 0.3) is 11.0 Å². The molecule has 0 aliphatic carbocycles. The molecule has 1 N–H and O–H groups in total. The fourth-order valence-electron chi connectivity index (χ4n) is 2.71. The highest BCUT2D eigenvalue weighted by Gasteiger charge is 2.15. The maximum Gasteiger partial charge on any atom is 0.293 e. The third-order valence-electron chi connectivity index (χ3n) is 4.10. The monoisotopic (exact) mass is 381 g/mol. The van der Waals surface area contributed by atoms with E-state index in [0.717, 1.165) is 11.0 Å². The molecule has 0 radical (unpaired) electrons. The summed E-state index contributed by atoms with van der Waals surface area (Å²) < 4.78 is 13.0. The third kappa shape index (κ3) is 3.52. The van der Waals surface area contributed by atoms with Gasteiger partial charge < -0.3 is 13.7 Å². The standard InChI is InChI=1S/C20H16ClN3O3/c1-24-16-8-4-3-7-15(16)22-20(24)23-19(25)18-11-10-13(27-18)12-26-17-9-5-2-6-14(17)21/h2-11H,12H2,1H3,(H,22,23,25). The van der Waals surface area contributed by atoms with Crippen molar-refractivity contribution in [2.45, 2.75) is 6.61 Å². The molecule has 2 heterocycles. The second-order valence-electron chi connectivity index (χ2n) is 5.92. The lowest BCUT2D eigenvalue weighted by atomic mass is 10.3. The van der Waals surface area contributed by atoms with Crippen molar-refractivity contribution >= 4 is 34.5 Å². The van der Waals surface area contributed by atoms with Crippen LogP contribution in [0.4, 0.5) is 5.95 Å². The second kappa shape index (κ2) is 7.17. The lowest BCUT2D eigenvalue weighted by Crippen LogP contribution is -2.14. The zero-order valence-electron chi connectivity index (χ0n) is 14.5. The van der Waals surface area contributed by atoms with Gasteiger partial charge in [0.1, 0.15) is 18.1 Å². The molecule has 0 saturated carbocycles. The number of nitrogens with one attached hydrogen (secondary N) is 1. The third-order valence-corrected chi connectivity index (χ3v) is 4.42. The number of fused-ring (bicyclic) bond motifs is 1. The van der Waals surface area contributed by atoms with Gasteiger partial charge in [-0.15, -0.1) is 0 Å². The maximum atomic E-state index is 12.5. The van der Waals surface area contributed by atoms with Gasteiger partial charge in [0.2, 0.25) is 5.95 Å². The molecule has 0 unspecified atom stereocenters. The van der Waals surface area contributed by atoms with Gasteiger partial charge in [0.15, 0.2) is 5.76 Å². The molecule has 0 aliphatic heterocycles. The normalized spacial score (nSPS) is 10.9. The van der Waals surface area contributed by atoms with Crippen molar-refractivity contribution in [1.82, 2.24) is 9.55 Å². The van der Waals surface area contributed by atoms with E-state index in [1.807, 2.05) is 48.0 Å². The fourth-order valence-corrected chi connectivity index (χ4v) is 2.90. The topological polar surface area (TPSA) is 69.3 Å². The molecule has 0 saturated heterocycles. The number of carbonyl (C=O) groups is 1. The van der Waals surface area contributed by atoms with Crippen LogP contribution in [0.3, 0.4) is 0 Å². The average Bonchev–Trinajstić information content (AvgIpc) is 3.27. The number of carbonyl (C=O) groups excluding carboxylic acids is 1. The first-order valence-electron chi connectivity index (χ1n) is 8.30. The van der Waals surface area contributed by atoms with Gasteiger partial charge >= 0.3 is 0 Å². The Morgan fingerprint density at radius 1 is 1.15 bits per heavy atom. The number of amides is 1. The molecule has 0 aliphatic rings. The van der Waals surface area contributed by atoms with E-state index in [4.69, 9.17) is 20.8 Å². The lowest BCUT2D eigenvalue weighted by Gasteiger charge is -2.06. The quantitative estimate of drug-likeness (QED) is 0.546. The fraction of sp³-hybridized carbons (Fsp3) is 0.100. The summed E-state index contributed by atoms with van der Waals surface area (Å²) >= 11 is 6.06. The van der Waals surface area contributed by atoms with E-state index in [0.29, 0.717) is 22.5 Å². The first kappa shape index (κ1) is 17.2. The van der Waals surface area contributed by atoms with E-state index in [9.17, 15) is 4.79 Å². The van der Waals surface area contributed by atoms with Crippen LogP contribution in [-0.2, 0) is 13.7 Å². The van der Waals surface area contributed by atoms with E-state index in [-0.39, 0.29) is 18.3 Å². The number of imidazole rings is 1. The number of halogens is 1. The summed E-state index contributed by atoms with van der Waals surface area (Å²) in [6, 6.07) is 18.1. The van der Waals surface area contributed by atoms with E-state index in [2.05, 4.69) is 10.3 Å². The summed E-state index contributed by atoms with van der Waals surface area (Å²) in [7, 11) is 1.84. The van der Waals surface area contributed by atoms with Crippen LogP contribution in [0.15, 0.2) is 65.1 Å². The SMILES string of the molecule is Cn1c(NC(=O)c2ccc(COc3ccccc3Cl)o2)nc2ccccc21. The molecule has 27 heavy (non-hydrogen) atoms. The van der Waals surface area contributed by atoms with Crippen LogP contribution >= 0.6 is 11.6 Å². The molecule has 0 fully saturated rings. The Balaban J connectivity index is 1.45. The number of hydrogen-bond donors (Lipinski definition) is 1. The summed E-state index contributed by atoms with van der Waals surface area (Å²) in [6.07, 6.45) is 0. The van der Waals surface area contributed by atoms with Crippen molar-refractivity contribution in [3.63, 3.8) is 0 Å². The number of furan rings is 1. The zero-order chi connectivity index (χ0) is 18.8. The number of hydrogen-bond acceptors (Lipinski definition) is 4. The summed E-state index contributed by atoms with van der Waals surface area (Å²) in [5.41, 5.74) is 1.74. The van der Waals surface area contributed by atoms with Gasteiger partial charge in [-0.05, 0) is 36.4 Å². The second-order valence-corrected chi connectivity index (χ2v) is 6.33. The van der Waals surface area contributed by atoms with Crippen LogP contribution in [0.1, 0.15) is 16.3 Å². The van der Waals surface area contributed by atoms with Crippen molar-refractivity contribution in [2.24, 2.45) is 7.05 Å². The molecule has 0 bridgehead atoms. The summed E-state index contributed by atoms with van der Waals surface area (Å²) in [5.74, 6) is 1.33.